The van der Waals surface area contributed by atoms with Gasteiger partial charge in [0.15, 0.2) is 0 Å². The van der Waals surface area contributed by atoms with Crippen LogP contribution < -0.4 is 0 Å². The van der Waals surface area contributed by atoms with Crippen molar-refractivity contribution >= 4 is 11.8 Å². The Kier molecular flexibility index (Phi) is 3.18. The highest BCUT2D eigenvalue weighted by atomic mass is 16.6. The van der Waals surface area contributed by atoms with E-state index in [1.165, 1.54) is 6.92 Å². The van der Waals surface area contributed by atoms with Gasteiger partial charge in [0.25, 0.3) is 0 Å². The monoisotopic (exact) mass is 346 g/mol. The highest BCUT2D eigenvalue weighted by Crippen LogP contribution is 2.73. The van der Waals surface area contributed by atoms with Crippen LogP contribution in [0.3, 0.4) is 0 Å². The van der Waals surface area contributed by atoms with E-state index in [0.717, 1.165) is 51.4 Å². The summed E-state index contributed by atoms with van der Waals surface area (Å²) in [6.07, 6.45) is 8.45. The zero-order valence-corrected chi connectivity index (χ0v) is 15.7. The summed E-state index contributed by atoms with van der Waals surface area (Å²) in [5, 5.41) is 0. The lowest BCUT2D eigenvalue weighted by atomic mass is 9.45. The number of epoxide rings is 1. The van der Waals surface area contributed by atoms with Crippen molar-refractivity contribution in [1.29, 1.82) is 0 Å². The number of rotatable bonds is 1. The normalized spacial score (nSPS) is 56.3. The predicted molar refractivity (Wildman–Crippen MR) is 91.8 cm³/mol. The van der Waals surface area contributed by atoms with Crippen LogP contribution in [-0.4, -0.2) is 29.6 Å². The van der Waals surface area contributed by atoms with Crippen LogP contribution in [0.2, 0.25) is 0 Å². The number of Topliss-reactive ketones (excluding diaryl/α,β-unsaturated/α-hetero) is 1. The molecule has 4 aliphatic carbocycles. The second-order valence-corrected chi connectivity index (χ2v) is 9.92. The Bertz CT molecular complexity index is 644. The lowest BCUT2D eigenvalue weighted by Gasteiger charge is -2.58. The number of hydrogen-bond acceptors (Lipinski definition) is 4. The maximum atomic E-state index is 12.5. The Morgan fingerprint density at radius 1 is 1.16 bits per heavy atom. The van der Waals surface area contributed by atoms with E-state index in [2.05, 4.69) is 13.8 Å². The molecule has 0 amide bonds. The minimum absolute atomic E-state index is 0.0223. The molecule has 0 N–H and O–H groups in total. The zero-order chi connectivity index (χ0) is 17.6. The summed E-state index contributed by atoms with van der Waals surface area (Å²) in [4.78, 5) is 23.9. The molecule has 5 aliphatic rings. The van der Waals surface area contributed by atoms with Crippen molar-refractivity contribution in [3.05, 3.63) is 0 Å². The van der Waals surface area contributed by atoms with Crippen molar-refractivity contribution in [1.82, 2.24) is 0 Å². The van der Waals surface area contributed by atoms with Gasteiger partial charge in [0, 0.05) is 30.6 Å². The van der Waals surface area contributed by atoms with Gasteiger partial charge in [-0.2, -0.15) is 0 Å². The summed E-state index contributed by atoms with van der Waals surface area (Å²) in [6, 6.07) is 0. The first-order valence-corrected chi connectivity index (χ1v) is 10.2. The van der Waals surface area contributed by atoms with Crippen LogP contribution in [0.4, 0.5) is 0 Å². The van der Waals surface area contributed by atoms with Gasteiger partial charge in [-0.05, 0) is 56.3 Å². The van der Waals surface area contributed by atoms with Crippen molar-refractivity contribution in [2.45, 2.75) is 89.9 Å². The Hall–Kier alpha value is -0.900. The SMILES string of the molecule is CC(=O)O[C@H]1CC[C@]2(C)C3CC[C@]4(C)C(=O)CCC4C3C[C@H]3O[C@]32C1. The average Bonchev–Trinajstić information content (AvgIpc) is 3.15. The second-order valence-electron chi connectivity index (χ2n) is 9.92. The molecular formula is C21H30O4. The van der Waals surface area contributed by atoms with Crippen molar-refractivity contribution in [3.8, 4) is 0 Å². The largest absolute Gasteiger partial charge is 0.462 e. The number of ketones is 1. The molecule has 0 aromatic rings. The van der Waals surface area contributed by atoms with Gasteiger partial charge in [0.05, 0.1) is 6.10 Å². The van der Waals surface area contributed by atoms with Gasteiger partial charge >= 0.3 is 5.97 Å². The summed E-state index contributed by atoms with van der Waals surface area (Å²) < 4.78 is 12.0. The van der Waals surface area contributed by atoms with Gasteiger partial charge in [-0.15, -0.1) is 0 Å². The van der Waals surface area contributed by atoms with E-state index in [1.807, 2.05) is 0 Å². The van der Waals surface area contributed by atoms with Crippen LogP contribution >= 0.6 is 0 Å². The summed E-state index contributed by atoms with van der Waals surface area (Å²) in [5.41, 5.74) is 0.0500. The van der Waals surface area contributed by atoms with E-state index < -0.39 is 0 Å². The smallest absolute Gasteiger partial charge is 0.302 e. The van der Waals surface area contributed by atoms with Crippen LogP contribution in [-0.2, 0) is 19.1 Å². The number of fused-ring (bicyclic) bond motifs is 4. The van der Waals surface area contributed by atoms with Crippen LogP contribution in [0.1, 0.15) is 72.1 Å². The molecule has 1 heterocycles. The molecule has 1 aliphatic heterocycles. The third-order valence-electron chi connectivity index (χ3n) is 9.08. The molecule has 4 heteroatoms. The van der Waals surface area contributed by atoms with Crippen molar-refractivity contribution in [3.63, 3.8) is 0 Å². The molecule has 1 spiro atoms. The van der Waals surface area contributed by atoms with Gasteiger partial charge in [0.2, 0.25) is 0 Å². The highest BCUT2D eigenvalue weighted by molar-refractivity contribution is 5.87. The van der Waals surface area contributed by atoms with Gasteiger partial charge in [0.1, 0.15) is 17.5 Å². The Balaban J connectivity index is 1.44. The minimum Gasteiger partial charge on any atom is -0.462 e. The number of carbonyl (C=O) groups is 2. The first-order chi connectivity index (χ1) is 11.8. The number of carbonyl (C=O) groups excluding carboxylic acids is 2. The fourth-order valence-electron chi connectivity index (χ4n) is 7.75. The Morgan fingerprint density at radius 2 is 1.96 bits per heavy atom. The maximum Gasteiger partial charge on any atom is 0.302 e. The standard InChI is InChI=1S/C21H30O4/c1-12(22)24-13-6-9-20(3)16-7-8-19(2)15(4-5-17(19)23)14(16)10-18-21(20,11-13)25-18/h13-16,18H,4-11H2,1-3H3/t13-,14?,15?,16?,18+,19-,20+,21+/m0/s1. The van der Waals surface area contributed by atoms with Crippen molar-refractivity contribution < 1.29 is 19.1 Å². The lowest BCUT2D eigenvalue weighted by Crippen LogP contribution is -2.58. The van der Waals surface area contributed by atoms with E-state index in [0.29, 0.717) is 29.6 Å². The molecule has 4 saturated carbocycles. The molecule has 0 aromatic heterocycles. The summed E-state index contributed by atoms with van der Waals surface area (Å²) in [5.74, 6) is 2.19. The molecule has 3 unspecified atom stereocenters. The van der Waals surface area contributed by atoms with E-state index in [-0.39, 0.29) is 28.5 Å². The number of esters is 1. The van der Waals surface area contributed by atoms with Crippen LogP contribution in [0.5, 0.6) is 0 Å². The van der Waals surface area contributed by atoms with Crippen molar-refractivity contribution in [2.24, 2.45) is 28.6 Å². The van der Waals surface area contributed by atoms with Crippen LogP contribution in [0.15, 0.2) is 0 Å². The Labute approximate surface area is 150 Å². The average molecular weight is 346 g/mol. The molecule has 1 saturated heterocycles. The third kappa shape index (κ3) is 1.92. The molecule has 0 aromatic carbocycles. The molecule has 138 valence electrons. The summed E-state index contributed by atoms with van der Waals surface area (Å²) >= 11 is 0. The first kappa shape index (κ1) is 16.3. The molecule has 5 fully saturated rings. The fraction of sp³-hybridized carbons (Fsp3) is 0.905. The molecular weight excluding hydrogens is 316 g/mol. The molecule has 5 rings (SSSR count). The van der Waals surface area contributed by atoms with E-state index in [4.69, 9.17) is 9.47 Å². The quantitative estimate of drug-likeness (QED) is 0.537. The Morgan fingerprint density at radius 3 is 2.72 bits per heavy atom. The third-order valence-corrected chi connectivity index (χ3v) is 9.08. The summed E-state index contributed by atoms with van der Waals surface area (Å²) in [6.45, 7) is 6.18. The number of hydrogen-bond donors (Lipinski definition) is 0. The second kappa shape index (κ2) is 4.88. The maximum absolute atomic E-state index is 12.5. The van der Waals surface area contributed by atoms with Crippen LogP contribution in [0.25, 0.3) is 0 Å². The van der Waals surface area contributed by atoms with Crippen LogP contribution in [0, 0.1) is 28.6 Å². The van der Waals surface area contributed by atoms with Gasteiger partial charge < -0.3 is 9.47 Å². The minimum atomic E-state index is -0.172. The number of ether oxygens (including phenoxy) is 2. The summed E-state index contributed by atoms with van der Waals surface area (Å²) in [7, 11) is 0. The van der Waals surface area contributed by atoms with Crippen molar-refractivity contribution in [2.75, 3.05) is 0 Å². The molecule has 0 radical (unpaired) electrons. The molecule has 4 nitrogen and oxygen atoms in total. The van der Waals surface area contributed by atoms with E-state index in [1.54, 1.807) is 0 Å². The van der Waals surface area contributed by atoms with E-state index >= 15 is 0 Å². The van der Waals surface area contributed by atoms with E-state index in [9.17, 15) is 9.59 Å². The predicted octanol–water partition coefficient (Wildman–Crippen LogP) is 3.66. The fourth-order valence-corrected chi connectivity index (χ4v) is 7.75. The highest BCUT2D eigenvalue weighted by Gasteiger charge is 2.76. The molecule has 25 heavy (non-hydrogen) atoms. The van der Waals surface area contributed by atoms with Gasteiger partial charge in [-0.3, -0.25) is 9.59 Å². The molecule has 8 atom stereocenters. The molecule has 0 bridgehead atoms. The topological polar surface area (TPSA) is 55.9 Å². The lowest BCUT2D eigenvalue weighted by molar-refractivity contribution is -0.157. The first-order valence-electron chi connectivity index (χ1n) is 10.2. The van der Waals surface area contributed by atoms with Gasteiger partial charge in [-0.25, -0.2) is 0 Å². The zero-order valence-electron chi connectivity index (χ0n) is 15.7. The van der Waals surface area contributed by atoms with Gasteiger partial charge in [-0.1, -0.05) is 13.8 Å².